The van der Waals surface area contributed by atoms with Gasteiger partial charge in [0.05, 0.1) is 5.92 Å². The second kappa shape index (κ2) is 4.90. The van der Waals surface area contributed by atoms with Gasteiger partial charge in [-0.25, -0.2) is 0 Å². The van der Waals surface area contributed by atoms with E-state index in [9.17, 15) is 4.79 Å². The van der Waals surface area contributed by atoms with E-state index in [0.717, 1.165) is 5.57 Å². The molecule has 0 aromatic rings. The Balaban J connectivity index is 4.48. The maximum atomic E-state index is 11.3. The molecule has 0 heterocycles. The quantitative estimate of drug-likeness (QED) is 0.497. The first kappa shape index (κ1) is 12.0. The van der Waals surface area contributed by atoms with Crippen LogP contribution in [0.25, 0.3) is 0 Å². The molecule has 0 radical (unpaired) electrons. The molecule has 0 aliphatic rings. The molecule has 0 amide bonds. The molecule has 0 N–H and O–H groups in total. The second-order valence-corrected chi connectivity index (χ2v) is 3.78. The first-order valence-corrected chi connectivity index (χ1v) is 4.42. The van der Waals surface area contributed by atoms with Crippen LogP contribution in [0.3, 0.4) is 0 Å². The molecule has 0 aromatic heterocycles. The zero-order valence-corrected chi connectivity index (χ0v) is 9.34. The molecular weight excluding hydrogens is 166 g/mol. The molecular formula is C10H19NO2. The van der Waals surface area contributed by atoms with Crippen LogP contribution in [0.1, 0.15) is 27.7 Å². The van der Waals surface area contributed by atoms with E-state index in [2.05, 4.69) is 0 Å². The summed E-state index contributed by atoms with van der Waals surface area (Å²) < 4.78 is 5.20. The Hall–Kier alpha value is -0.990. The lowest BCUT2D eigenvalue weighted by molar-refractivity contribution is -0.145. The highest BCUT2D eigenvalue weighted by Gasteiger charge is 2.13. The Bertz CT molecular complexity index is 213. The second-order valence-electron chi connectivity index (χ2n) is 3.78. The molecule has 0 rings (SSSR count). The van der Waals surface area contributed by atoms with Crippen LogP contribution in [0.2, 0.25) is 0 Å². The summed E-state index contributed by atoms with van der Waals surface area (Å²) in [5.74, 6) is 0.359. The van der Waals surface area contributed by atoms with Gasteiger partial charge in [-0.1, -0.05) is 13.8 Å². The SMILES string of the molecule is CC(C)=C(OC(=O)C(C)C)N(C)C. The van der Waals surface area contributed by atoms with Gasteiger partial charge in [0.1, 0.15) is 0 Å². The van der Waals surface area contributed by atoms with Crippen LogP contribution < -0.4 is 0 Å². The van der Waals surface area contributed by atoms with E-state index in [4.69, 9.17) is 4.74 Å². The van der Waals surface area contributed by atoms with E-state index >= 15 is 0 Å². The predicted octanol–water partition coefficient (Wildman–Crippen LogP) is 2.00. The molecule has 0 saturated carbocycles. The molecule has 0 aromatic carbocycles. The molecule has 0 fully saturated rings. The normalized spacial score (nSPS) is 9.77. The topological polar surface area (TPSA) is 29.5 Å². The van der Waals surface area contributed by atoms with Crippen molar-refractivity contribution in [3.8, 4) is 0 Å². The highest BCUT2D eigenvalue weighted by atomic mass is 16.6. The summed E-state index contributed by atoms with van der Waals surface area (Å²) in [6.07, 6.45) is 0. The van der Waals surface area contributed by atoms with Gasteiger partial charge in [0.15, 0.2) is 5.88 Å². The summed E-state index contributed by atoms with van der Waals surface area (Å²) in [5.41, 5.74) is 0.999. The number of allylic oxidation sites excluding steroid dienone is 1. The van der Waals surface area contributed by atoms with Crippen LogP contribution in [-0.2, 0) is 9.53 Å². The number of hydrogen-bond acceptors (Lipinski definition) is 3. The van der Waals surface area contributed by atoms with Crippen LogP contribution in [0, 0.1) is 5.92 Å². The lowest BCUT2D eigenvalue weighted by Gasteiger charge is -2.19. The minimum atomic E-state index is -0.190. The van der Waals surface area contributed by atoms with E-state index < -0.39 is 0 Å². The van der Waals surface area contributed by atoms with E-state index in [0.29, 0.717) is 5.88 Å². The van der Waals surface area contributed by atoms with Gasteiger partial charge >= 0.3 is 5.97 Å². The van der Waals surface area contributed by atoms with Crippen LogP contribution >= 0.6 is 0 Å². The van der Waals surface area contributed by atoms with Crippen LogP contribution in [0.4, 0.5) is 0 Å². The Kier molecular flexibility index (Phi) is 4.52. The minimum absolute atomic E-state index is 0.0886. The number of rotatable bonds is 3. The average molecular weight is 185 g/mol. The van der Waals surface area contributed by atoms with Crippen LogP contribution in [0.5, 0.6) is 0 Å². The fraction of sp³-hybridized carbons (Fsp3) is 0.700. The molecule has 0 saturated heterocycles. The average Bonchev–Trinajstić information content (AvgIpc) is 1.97. The molecule has 3 heteroatoms. The lowest BCUT2D eigenvalue weighted by Crippen LogP contribution is -2.21. The molecule has 0 aliphatic carbocycles. The monoisotopic (exact) mass is 185 g/mol. The summed E-state index contributed by atoms with van der Waals surface area (Å²) >= 11 is 0. The molecule has 0 bridgehead atoms. The number of carbonyl (C=O) groups is 1. The molecule has 3 nitrogen and oxygen atoms in total. The Morgan fingerprint density at radius 1 is 1.23 bits per heavy atom. The zero-order valence-electron chi connectivity index (χ0n) is 9.34. The fourth-order valence-corrected chi connectivity index (χ4v) is 0.854. The smallest absolute Gasteiger partial charge is 0.315 e. The number of carbonyl (C=O) groups excluding carboxylic acids is 1. The largest absolute Gasteiger partial charge is 0.410 e. The highest BCUT2D eigenvalue weighted by Crippen LogP contribution is 2.10. The Labute approximate surface area is 80.4 Å². The van der Waals surface area contributed by atoms with Gasteiger partial charge in [0.2, 0.25) is 0 Å². The van der Waals surface area contributed by atoms with Gasteiger partial charge in [0.25, 0.3) is 0 Å². The first-order valence-electron chi connectivity index (χ1n) is 4.42. The van der Waals surface area contributed by atoms with Gasteiger partial charge in [-0.3, -0.25) is 4.79 Å². The molecule has 0 unspecified atom stereocenters. The van der Waals surface area contributed by atoms with Gasteiger partial charge in [-0.2, -0.15) is 0 Å². The summed E-state index contributed by atoms with van der Waals surface area (Å²) in [6.45, 7) is 7.48. The van der Waals surface area contributed by atoms with Gasteiger partial charge in [-0.05, 0) is 19.4 Å². The Morgan fingerprint density at radius 2 is 1.69 bits per heavy atom. The molecule has 0 aliphatic heterocycles. The fourth-order valence-electron chi connectivity index (χ4n) is 0.854. The van der Waals surface area contributed by atoms with Crippen molar-refractivity contribution in [1.82, 2.24) is 4.90 Å². The molecule has 76 valence electrons. The van der Waals surface area contributed by atoms with Crippen molar-refractivity contribution in [1.29, 1.82) is 0 Å². The highest BCUT2D eigenvalue weighted by molar-refractivity contribution is 5.72. The van der Waals surface area contributed by atoms with Gasteiger partial charge in [0, 0.05) is 14.1 Å². The van der Waals surface area contributed by atoms with E-state index in [1.165, 1.54) is 0 Å². The summed E-state index contributed by atoms with van der Waals surface area (Å²) in [5, 5.41) is 0. The number of hydrogen-bond donors (Lipinski definition) is 0. The van der Waals surface area contributed by atoms with Crippen molar-refractivity contribution in [2.45, 2.75) is 27.7 Å². The minimum Gasteiger partial charge on any atom is -0.410 e. The third kappa shape index (κ3) is 3.97. The van der Waals surface area contributed by atoms with Crippen molar-refractivity contribution >= 4 is 5.97 Å². The molecule has 0 atom stereocenters. The molecule has 13 heavy (non-hydrogen) atoms. The lowest BCUT2D eigenvalue weighted by atomic mass is 10.2. The van der Waals surface area contributed by atoms with E-state index in [1.807, 2.05) is 41.8 Å². The van der Waals surface area contributed by atoms with Crippen molar-refractivity contribution in [2.75, 3.05) is 14.1 Å². The predicted molar refractivity (Wildman–Crippen MR) is 53.0 cm³/mol. The first-order chi connectivity index (χ1) is 5.86. The summed E-state index contributed by atoms with van der Waals surface area (Å²) in [7, 11) is 3.71. The number of esters is 1. The van der Waals surface area contributed by atoms with Gasteiger partial charge in [-0.15, -0.1) is 0 Å². The third-order valence-electron chi connectivity index (χ3n) is 1.50. The zero-order chi connectivity index (χ0) is 10.6. The maximum absolute atomic E-state index is 11.3. The van der Waals surface area contributed by atoms with Crippen molar-refractivity contribution in [2.24, 2.45) is 5.92 Å². The third-order valence-corrected chi connectivity index (χ3v) is 1.50. The van der Waals surface area contributed by atoms with Crippen molar-refractivity contribution < 1.29 is 9.53 Å². The van der Waals surface area contributed by atoms with Crippen LogP contribution in [0.15, 0.2) is 11.5 Å². The number of nitrogens with zero attached hydrogens (tertiary/aromatic N) is 1. The molecule has 0 spiro atoms. The Morgan fingerprint density at radius 3 is 1.92 bits per heavy atom. The maximum Gasteiger partial charge on any atom is 0.315 e. The number of ether oxygens (including phenoxy) is 1. The van der Waals surface area contributed by atoms with Crippen molar-refractivity contribution in [3.05, 3.63) is 11.5 Å². The van der Waals surface area contributed by atoms with Crippen LogP contribution in [-0.4, -0.2) is 25.0 Å². The van der Waals surface area contributed by atoms with E-state index in [-0.39, 0.29) is 11.9 Å². The standard InChI is InChI=1S/C10H19NO2/c1-7(2)9(11(5)6)13-10(12)8(3)4/h8H,1-6H3. The summed E-state index contributed by atoms with van der Waals surface area (Å²) in [4.78, 5) is 13.1. The van der Waals surface area contributed by atoms with E-state index in [1.54, 1.807) is 4.90 Å². The van der Waals surface area contributed by atoms with Gasteiger partial charge < -0.3 is 9.64 Å². The van der Waals surface area contributed by atoms with Crippen molar-refractivity contribution in [3.63, 3.8) is 0 Å². The summed E-state index contributed by atoms with van der Waals surface area (Å²) in [6, 6.07) is 0.